The van der Waals surface area contributed by atoms with Gasteiger partial charge in [-0.25, -0.2) is 21.8 Å². The van der Waals surface area contributed by atoms with Crippen LogP contribution >= 0.6 is 23.5 Å². The van der Waals surface area contributed by atoms with Gasteiger partial charge in [-0.05, 0) is 35.6 Å². The quantitative estimate of drug-likeness (QED) is 0.0275. The zero-order valence-corrected chi connectivity index (χ0v) is 40.3. The number of azo groups is 1. The van der Waals surface area contributed by atoms with E-state index in [4.69, 9.17) is 4.74 Å². The van der Waals surface area contributed by atoms with Crippen molar-refractivity contribution in [2.24, 2.45) is 10.2 Å². The molecule has 0 unspecified atom stereocenters. The van der Waals surface area contributed by atoms with Crippen LogP contribution in [0.25, 0.3) is 10.8 Å². The number of hydrogen-bond acceptors (Lipinski definition) is 18. The smallest absolute Gasteiger partial charge is 0.754 e. The number of hydrogen-bond donors (Lipinski definition) is 1. The summed E-state index contributed by atoms with van der Waals surface area (Å²) in [4.78, 5) is 12.6. The van der Waals surface area contributed by atoms with Gasteiger partial charge >= 0.3 is 118 Å². The first-order chi connectivity index (χ1) is 22.1. The monoisotopic (exact) mass is 832 g/mol. The van der Waals surface area contributed by atoms with E-state index in [0.717, 1.165) is 29.6 Å². The first-order valence-corrected chi connectivity index (χ1v) is 19.9. The number of anilines is 2. The molecule has 1 aromatic heterocycles. The molecule has 51 heavy (non-hydrogen) atoms. The third kappa shape index (κ3) is 17.9. The van der Waals surface area contributed by atoms with E-state index in [1.54, 1.807) is 36.4 Å². The minimum Gasteiger partial charge on any atom is -0.754 e. The van der Waals surface area contributed by atoms with Crippen LogP contribution in [-0.4, -0.2) is 84.0 Å². The predicted molar refractivity (Wildman–Crippen MR) is 172 cm³/mol. The molecule has 0 amide bonds. The van der Waals surface area contributed by atoms with Gasteiger partial charge in [0.2, 0.25) is 5.95 Å². The summed E-state index contributed by atoms with van der Waals surface area (Å²) in [6.07, 6.45) is 0.0664. The molecule has 0 spiro atoms. The molecule has 0 aliphatic rings. The molecule has 0 fully saturated rings. The SMILES string of the molecule is COc1cc(N=Nc2ccc3c[c-]cc(S(=O)(=O)[O-])c3c2)ccc1Nc1nc(CSCCS(=O)(=O)[O-])nc(SCCCS(=O)(=O)[O-])n1.[Na+].[Na+].[Na+].[Na+]. The molecular formula is C26H24N6Na4O10S5. The number of fused-ring (bicyclic) bond motifs is 1. The molecule has 25 heteroatoms. The third-order valence-corrected chi connectivity index (χ3v) is 10.4. The summed E-state index contributed by atoms with van der Waals surface area (Å²) in [6, 6.07) is 14.6. The van der Waals surface area contributed by atoms with Crippen LogP contribution in [0.15, 0.2) is 68.8 Å². The number of aromatic nitrogens is 3. The molecule has 4 rings (SSSR count). The zero-order chi connectivity index (χ0) is 34.2. The van der Waals surface area contributed by atoms with Gasteiger partial charge in [-0.15, -0.1) is 16.8 Å². The Morgan fingerprint density at radius 2 is 1.47 bits per heavy atom. The maximum absolute atomic E-state index is 11.7. The van der Waals surface area contributed by atoms with Crippen LogP contribution < -0.4 is 128 Å². The second-order valence-corrected chi connectivity index (χ2v) is 16.0. The van der Waals surface area contributed by atoms with Crippen molar-refractivity contribution in [3.63, 3.8) is 0 Å². The molecule has 0 bridgehead atoms. The molecule has 0 atom stereocenters. The molecule has 16 nitrogen and oxygen atoms in total. The summed E-state index contributed by atoms with van der Waals surface area (Å²) in [6.45, 7) is 0. The Labute approximate surface area is 392 Å². The van der Waals surface area contributed by atoms with Gasteiger partial charge in [0.05, 0.1) is 60.3 Å². The van der Waals surface area contributed by atoms with Crippen molar-refractivity contribution in [1.29, 1.82) is 0 Å². The number of nitrogens with zero attached hydrogens (tertiary/aromatic N) is 5. The van der Waals surface area contributed by atoms with Crippen molar-refractivity contribution >= 4 is 87.7 Å². The zero-order valence-electron chi connectivity index (χ0n) is 28.2. The molecule has 1 N–H and O–H groups in total. The van der Waals surface area contributed by atoms with E-state index < -0.39 is 46.8 Å². The van der Waals surface area contributed by atoms with Crippen LogP contribution in [0.5, 0.6) is 5.75 Å². The Hall–Kier alpha value is 0.560. The third-order valence-electron chi connectivity index (χ3n) is 5.88. The number of thioether (sulfide) groups is 2. The fraction of sp³-hybridized carbons (Fsp3) is 0.269. The largest absolute Gasteiger partial charge is 1.00 e. The topological polar surface area (TPSA) is 256 Å². The summed E-state index contributed by atoms with van der Waals surface area (Å²) in [5, 5.41) is 12.2. The maximum Gasteiger partial charge on any atom is 1.00 e. The Kier molecular flexibility index (Phi) is 23.8. The van der Waals surface area contributed by atoms with E-state index in [0.29, 0.717) is 22.5 Å². The number of nitrogens with one attached hydrogen (secondary N) is 1. The standard InChI is InChI=1S/C26H27N6O10S5.4Na/c1-42-22-15-19(32-31-18-7-6-17-4-2-5-23(20(17)14-18)47(39,40)41)8-9-21(22)27-25-28-24(16-43-11-13-46(36,37)38)29-26(30-25)44-10-3-12-45(33,34)35;;;;/h4-9,14-15H,3,10-13,16H2,1H3,(H,33,34,35)(H,36,37,38)(H,39,40,41)(H,27,28,29,30);;;;/q-1;4*+1/p-3. The van der Waals surface area contributed by atoms with Crippen LogP contribution in [0.1, 0.15) is 12.2 Å². The average molecular weight is 833 g/mol. The Bertz CT molecular complexity index is 2080. The van der Waals surface area contributed by atoms with Gasteiger partial charge < -0.3 is 23.7 Å². The molecule has 0 saturated heterocycles. The Balaban J connectivity index is 0.00000625. The molecule has 1 heterocycles. The number of ether oxygens (including phenoxy) is 1. The van der Waals surface area contributed by atoms with E-state index in [2.05, 4.69) is 36.6 Å². The van der Waals surface area contributed by atoms with Gasteiger partial charge in [0.15, 0.2) is 5.16 Å². The van der Waals surface area contributed by atoms with E-state index in [-0.39, 0.29) is 170 Å². The molecular weight excluding hydrogens is 809 g/mol. The number of methoxy groups -OCH3 is 1. The second-order valence-electron chi connectivity index (χ2n) is 9.39. The fourth-order valence-corrected chi connectivity index (χ4v) is 7.70. The first-order valence-electron chi connectivity index (χ1n) is 13.2. The van der Waals surface area contributed by atoms with Crippen molar-refractivity contribution in [3.8, 4) is 5.75 Å². The molecule has 0 aliphatic carbocycles. The number of rotatable bonds is 16. The normalized spacial score (nSPS) is 11.5. The van der Waals surface area contributed by atoms with Crippen LogP contribution in [0, 0.1) is 6.07 Å². The van der Waals surface area contributed by atoms with Crippen LogP contribution in [0.2, 0.25) is 0 Å². The maximum atomic E-state index is 11.7. The van der Waals surface area contributed by atoms with Crippen LogP contribution in [0.4, 0.5) is 23.0 Å². The number of benzene rings is 3. The van der Waals surface area contributed by atoms with E-state index in [1.807, 2.05) is 0 Å². The van der Waals surface area contributed by atoms with Gasteiger partial charge in [-0.3, -0.25) is 8.42 Å². The molecule has 0 radical (unpaired) electrons. The summed E-state index contributed by atoms with van der Waals surface area (Å²) in [7, 11) is -12.1. The van der Waals surface area contributed by atoms with E-state index >= 15 is 0 Å². The second kappa shape index (κ2) is 23.6. The Morgan fingerprint density at radius 3 is 2.10 bits per heavy atom. The fourth-order valence-electron chi connectivity index (χ4n) is 3.83. The van der Waals surface area contributed by atoms with E-state index in [9.17, 15) is 38.9 Å². The van der Waals surface area contributed by atoms with Crippen molar-refractivity contribution in [1.82, 2.24) is 15.0 Å². The van der Waals surface area contributed by atoms with Gasteiger partial charge in [0.1, 0.15) is 11.6 Å². The predicted octanol–water partition coefficient (Wildman–Crippen LogP) is -8.28. The summed E-state index contributed by atoms with van der Waals surface area (Å²) in [5.41, 5.74) is 1.06. The van der Waals surface area contributed by atoms with Crippen molar-refractivity contribution in [2.45, 2.75) is 22.2 Å². The van der Waals surface area contributed by atoms with Gasteiger partial charge in [-0.2, -0.15) is 50.2 Å². The average Bonchev–Trinajstić information content (AvgIpc) is 2.99. The van der Waals surface area contributed by atoms with Gasteiger partial charge in [0.25, 0.3) is 0 Å². The summed E-state index contributed by atoms with van der Waals surface area (Å²) in [5.74, 6) is -0.0994. The van der Waals surface area contributed by atoms with Crippen molar-refractivity contribution < 1.29 is 162 Å². The minimum absolute atomic E-state index is 0. The van der Waals surface area contributed by atoms with Crippen LogP contribution in [-0.2, 0) is 36.1 Å². The molecule has 4 aromatic rings. The summed E-state index contributed by atoms with van der Waals surface area (Å²) >= 11 is 2.21. The van der Waals surface area contributed by atoms with E-state index in [1.165, 1.54) is 13.2 Å². The molecule has 0 aliphatic heterocycles. The van der Waals surface area contributed by atoms with Crippen molar-refractivity contribution in [3.05, 3.63) is 60.4 Å². The molecule has 0 saturated carbocycles. The van der Waals surface area contributed by atoms with Gasteiger partial charge in [-0.1, -0.05) is 11.8 Å². The van der Waals surface area contributed by atoms with Crippen LogP contribution in [0.3, 0.4) is 0 Å². The van der Waals surface area contributed by atoms with Gasteiger partial charge in [0, 0.05) is 29.1 Å². The van der Waals surface area contributed by atoms with Crippen molar-refractivity contribution in [2.75, 3.05) is 35.4 Å². The molecule has 252 valence electrons. The Morgan fingerprint density at radius 1 is 0.824 bits per heavy atom. The summed E-state index contributed by atoms with van der Waals surface area (Å²) < 4.78 is 106. The molecule has 3 aromatic carbocycles. The minimum atomic E-state index is -4.74. The first kappa shape index (κ1) is 51.6.